The average Bonchev–Trinajstić information content (AvgIpc) is 2.28. The number of thioether (sulfide) groups is 1. The van der Waals surface area contributed by atoms with Crippen LogP contribution in [0.5, 0.6) is 0 Å². The van der Waals surface area contributed by atoms with E-state index in [1.165, 1.54) is 0 Å². The van der Waals surface area contributed by atoms with Crippen LogP contribution in [0.1, 0.15) is 24.6 Å². The van der Waals surface area contributed by atoms with Crippen molar-refractivity contribution in [1.82, 2.24) is 4.98 Å². The monoisotopic (exact) mass is 269 g/mol. The van der Waals surface area contributed by atoms with Gasteiger partial charge in [0.1, 0.15) is 10.8 Å². The number of nitrogens with two attached hydrogens (primary N) is 1. The van der Waals surface area contributed by atoms with Crippen LogP contribution >= 0.6 is 24.0 Å². The van der Waals surface area contributed by atoms with Gasteiger partial charge in [-0.1, -0.05) is 19.1 Å². The first-order valence-electron chi connectivity index (χ1n) is 5.61. The third kappa shape index (κ3) is 4.16. The molecule has 0 spiro atoms. The lowest BCUT2D eigenvalue weighted by atomic mass is 10.2. The lowest BCUT2D eigenvalue weighted by Gasteiger charge is -2.18. The molecule has 0 amide bonds. The Labute approximate surface area is 113 Å². The van der Waals surface area contributed by atoms with Gasteiger partial charge >= 0.3 is 0 Å². The van der Waals surface area contributed by atoms with Gasteiger partial charge in [0.25, 0.3) is 0 Å². The molecule has 1 atom stereocenters. The van der Waals surface area contributed by atoms with Crippen molar-refractivity contribution in [1.29, 1.82) is 0 Å². The van der Waals surface area contributed by atoms with E-state index in [0.717, 1.165) is 29.2 Å². The molecule has 5 heteroatoms. The van der Waals surface area contributed by atoms with Gasteiger partial charge in [0.05, 0.1) is 5.56 Å². The molecule has 1 unspecified atom stereocenters. The highest BCUT2D eigenvalue weighted by Crippen LogP contribution is 2.16. The van der Waals surface area contributed by atoms with Crippen molar-refractivity contribution in [2.45, 2.75) is 26.3 Å². The minimum atomic E-state index is 0.388. The van der Waals surface area contributed by atoms with Crippen LogP contribution in [0.15, 0.2) is 12.1 Å². The average molecular weight is 269 g/mol. The summed E-state index contributed by atoms with van der Waals surface area (Å²) in [5.74, 6) is 1.85. The van der Waals surface area contributed by atoms with Crippen molar-refractivity contribution in [2.75, 3.05) is 17.3 Å². The zero-order chi connectivity index (χ0) is 12.8. The van der Waals surface area contributed by atoms with E-state index >= 15 is 0 Å². The van der Waals surface area contributed by atoms with Crippen molar-refractivity contribution in [3.63, 3.8) is 0 Å². The van der Waals surface area contributed by atoms with E-state index in [4.69, 9.17) is 18.0 Å². The van der Waals surface area contributed by atoms with Crippen molar-refractivity contribution >= 4 is 34.8 Å². The van der Waals surface area contributed by atoms with E-state index in [0.29, 0.717) is 11.0 Å². The van der Waals surface area contributed by atoms with E-state index in [9.17, 15) is 0 Å². The molecule has 0 saturated heterocycles. The normalized spacial score (nSPS) is 12.2. The molecule has 1 aromatic heterocycles. The fourth-order valence-electron chi connectivity index (χ4n) is 1.52. The molecule has 0 fully saturated rings. The van der Waals surface area contributed by atoms with E-state index < -0.39 is 0 Å². The summed E-state index contributed by atoms with van der Waals surface area (Å²) in [6, 6.07) is 4.25. The number of pyridine rings is 1. The standard InChI is InChI=1S/C12H19N3S2/c1-4-9(7-17-3)15-12-10(11(13)16)6-5-8(2)14-12/h5-6,9H,4,7H2,1-3H3,(H2,13,16)(H,14,15). The van der Waals surface area contributed by atoms with Gasteiger partial charge in [0.15, 0.2) is 0 Å². The lowest BCUT2D eigenvalue weighted by Crippen LogP contribution is -2.24. The van der Waals surface area contributed by atoms with E-state index in [2.05, 4.69) is 23.5 Å². The second-order valence-corrected chi connectivity index (χ2v) is 5.27. The highest BCUT2D eigenvalue weighted by Gasteiger charge is 2.11. The lowest BCUT2D eigenvalue weighted by molar-refractivity contribution is 0.769. The Hall–Kier alpha value is -0.810. The molecule has 0 aliphatic rings. The summed E-state index contributed by atoms with van der Waals surface area (Å²) < 4.78 is 0. The number of hydrogen-bond acceptors (Lipinski definition) is 4. The number of anilines is 1. The maximum absolute atomic E-state index is 5.70. The van der Waals surface area contributed by atoms with Crippen molar-refractivity contribution in [3.8, 4) is 0 Å². The fourth-order valence-corrected chi connectivity index (χ4v) is 2.41. The largest absolute Gasteiger partial charge is 0.389 e. The molecule has 1 rings (SSSR count). The van der Waals surface area contributed by atoms with Gasteiger partial charge in [0, 0.05) is 17.5 Å². The summed E-state index contributed by atoms with van der Waals surface area (Å²) in [4.78, 5) is 4.86. The molecule has 1 heterocycles. The summed E-state index contributed by atoms with van der Waals surface area (Å²) in [5.41, 5.74) is 7.49. The van der Waals surface area contributed by atoms with Crippen LogP contribution in [0.2, 0.25) is 0 Å². The molecule has 0 bridgehead atoms. The number of thiocarbonyl (C=S) groups is 1. The maximum atomic E-state index is 5.70. The first-order chi connectivity index (χ1) is 8.08. The SMILES string of the molecule is CCC(CSC)Nc1nc(C)ccc1C(N)=S. The van der Waals surface area contributed by atoms with Gasteiger partial charge in [-0.05, 0) is 31.7 Å². The Morgan fingerprint density at radius 2 is 2.29 bits per heavy atom. The zero-order valence-corrected chi connectivity index (χ0v) is 12.1. The minimum absolute atomic E-state index is 0.388. The quantitative estimate of drug-likeness (QED) is 0.777. The smallest absolute Gasteiger partial charge is 0.136 e. The molecular weight excluding hydrogens is 250 g/mol. The van der Waals surface area contributed by atoms with Crippen LogP contribution < -0.4 is 11.1 Å². The summed E-state index contributed by atoms with van der Waals surface area (Å²) in [6.45, 7) is 4.12. The molecule has 3 nitrogen and oxygen atoms in total. The second kappa shape index (κ2) is 6.81. The van der Waals surface area contributed by atoms with Crippen molar-refractivity contribution in [3.05, 3.63) is 23.4 Å². The molecule has 0 aliphatic carbocycles. The summed E-state index contributed by atoms with van der Waals surface area (Å²) in [5, 5.41) is 3.42. The van der Waals surface area contributed by atoms with Gasteiger partial charge < -0.3 is 11.1 Å². The predicted octanol–water partition coefficient (Wildman–Crippen LogP) is 2.58. The first kappa shape index (κ1) is 14.3. The Morgan fingerprint density at radius 3 is 2.82 bits per heavy atom. The van der Waals surface area contributed by atoms with Crippen LogP contribution in [-0.4, -0.2) is 28.0 Å². The van der Waals surface area contributed by atoms with Crippen LogP contribution in [0.25, 0.3) is 0 Å². The molecule has 0 aromatic carbocycles. The number of rotatable bonds is 6. The molecule has 1 aromatic rings. The molecule has 0 aliphatic heterocycles. The second-order valence-electron chi connectivity index (χ2n) is 3.92. The van der Waals surface area contributed by atoms with Crippen molar-refractivity contribution in [2.24, 2.45) is 5.73 Å². The number of hydrogen-bond donors (Lipinski definition) is 2. The van der Waals surface area contributed by atoms with Crippen LogP contribution in [0, 0.1) is 6.92 Å². The highest BCUT2D eigenvalue weighted by molar-refractivity contribution is 7.98. The summed E-state index contributed by atoms with van der Waals surface area (Å²) in [6.07, 6.45) is 3.15. The number of nitrogens with zero attached hydrogens (tertiary/aromatic N) is 1. The van der Waals surface area contributed by atoms with Crippen LogP contribution in [0.4, 0.5) is 5.82 Å². The van der Waals surface area contributed by atoms with Gasteiger partial charge in [0.2, 0.25) is 0 Å². The molecule has 3 N–H and O–H groups in total. The van der Waals surface area contributed by atoms with Gasteiger partial charge in [-0.3, -0.25) is 0 Å². The van der Waals surface area contributed by atoms with Crippen LogP contribution in [0.3, 0.4) is 0 Å². The third-order valence-corrected chi connectivity index (χ3v) is 3.46. The van der Waals surface area contributed by atoms with E-state index in [1.807, 2.05) is 30.8 Å². The Balaban J connectivity index is 2.94. The Morgan fingerprint density at radius 1 is 1.59 bits per heavy atom. The van der Waals surface area contributed by atoms with E-state index in [-0.39, 0.29) is 0 Å². The predicted molar refractivity (Wildman–Crippen MR) is 80.9 cm³/mol. The maximum Gasteiger partial charge on any atom is 0.136 e. The fraction of sp³-hybridized carbons (Fsp3) is 0.500. The minimum Gasteiger partial charge on any atom is -0.389 e. The molecular formula is C12H19N3S2. The first-order valence-corrected chi connectivity index (χ1v) is 7.41. The molecule has 0 saturated carbocycles. The summed E-state index contributed by atoms with van der Waals surface area (Å²) in [7, 11) is 0. The summed E-state index contributed by atoms with van der Waals surface area (Å²) >= 11 is 6.86. The third-order valence-electron chi connectivity index (χ3n) is 2.50. The van der Waals surface area contributed by atoms with Gasteiger partial charge in [-0.15, -0.1) is 0 Å². The van der Waals surface area contributed by atoms with Crippen molar-refractivity contribution < 1.29 is 0 Å². The number of aryl methyl sites for hydroxylation is 1. The molecule has 0 radical (unpaired) electrons. The van der Waals surface area contributed by atoms with E-state index in [1.54, 1.807) is 0 Å². The topological polar surface area (TPSA) is 50.9 Å². The highest BCUT2D eigenvalue weighted by atomic mass is 32.2. The van der Waals surface area contributed by atoms with Crippen LogP contribution in [-0.2, 0) is 0 Å². The molecule has 94 valence electrons. The van der Waals surface area contributed by atoms with Gasteiger partial charge in [-0.2, -0.15) is 11.8 Å². The molecule has 17 heavy (non-hydrogen) atoms. The Bertz CT molecular complexity index is 393. The van der Waals surface area contributed by atoms with Gasteiger partial charge in [-0.25, -0.2) is 4.98 Å². The Kier molecular flexibility index (Phi) is 5.71. The number of nitrogens with one attached hydrogen (secondary N) is 1. The number of aromatic nitrogens is 1. The zero-order valence-electron chi connectivity index (χ0n) is 10.5.